The second-order valence-corrected chi connectivity index (χ2v) is 5.16. The average molecular weight is 212 g/mol. The molecule has 1 nitrogen and oxygen atoms in total. The molecule has 0 bridgehead atoms. The molecule has 0 heterocycles. The Bertz CT molecular complexity index is 144. The fraction of sp³-hybridized carbons (Fsp3) is 1.00. The van der Waals surface area contributed by atoms with E-state index in [1.54, 1.807) is 0 Å². The Hall–Kier alpha value is -0.0400. The Morgan fingerprint density at radius 3 is 1.73 bits per heavy atom. The van der Waals surface area contributed by atoms with Crippen LogP contribution in [-0.2, 0) is 4.74 Å². The van der Waals surface area contributed by atoms with Crippen molar-refractivity contribution in [2.45, 2.75) is 77.2 Å². The van der Waals surface area contributed by atoms with Crippen LogP contribution in [0, 0.1) is 5.92 Å². The van der Waals surface area contributed by atoms with Crippen molar-refractivity contribution in [1.29, 1.82) is 0 Å². The van der Waals surface area contributed by atoms with Gasteiger partial charge in [0.05, 0.1) is 6.10 Å². The quantitative estimate of drug-likeness (QED) is 0.619. The summed E-state index contributed by atoms with van der Waals surface area (Å²) in [5.74, 6) is 0.759. The van der Waals surface area contributed by atoms with Crippen molar-refractivity contribution < 1.29 is 4.74 Å². The zero-order chi connectivity index (χ0) is 10.9. The van der Waals surface area contributed by atoms with Crippen LogP contribution in [0.15, 0.2) is 0 Å². The van der Waals surface area contributed by atoms with Gasteiger partial charge in [0.15, 0.2) is 0 Å². The zero-order valence-electron chi connectivity index (χ0n) is 10.6. The van der Waals surface area contributed by atoms with Crippen LogP contribution in [0.1, 0.15) is 71.1 Å². The van der Waals surface area contributed by atoms with Crippen molar-refractivity contribution in [1.82, 2.24) is 0 Å². The van der Waals surface area contributed by atoms with Gasteiger partial charge in [-0.2, -0.15) is 0 Å². The van der Waals surface area contributed by atoms with Gasteiger partial charge >= 0.3 is 0 Å². The predicted molar refractivity (Wildman–Crippen MR) is 66.1 cm³/mol. The van der Waals surface area contributed by atoms with Crippen LogP contribution in [0.5, 0.6) is 0 Å². The van der Waals surface area contributed by atoms with E-state index < -0.39 is 0 Å². The first-order valence-corrected chi connectivity index (χ1v) is 6.87. The molecular weight excluding hydrogens is 184 g/mol. The second kappa shape index (κ2) is 8.15. The van der Waals surface area contributed by atoms with E-state index in [1.807, 2.05) is 7.11 Å². The molecule has 1 saturated carbocycles. The maximum Gasteiger partial charge on any atom is 0.0596 e. The molecule has 0 amide bonds. The van der Waals surface area contributed by atoms with E-state index in [1.165, 1.54) is 64.2 Å². The lowest BCUT2D eigenvalue weighted by atomic mass is 9.92. The van der Waals surface area contributed by atoms with Gasteiger partial charge in [0.2, 0.25) is 0 Å². The van der Waals surface area contributed by atoms with Crippen molar-refractivity contribution >= 4 is 0 Å². The third-order valence-electron chi connectivity index (χ3n) is 3.84. The smallest absolute Gasteiger partial charge is 0.0596 e. The molecule has 1 aliphatic rings. The zero-order valence-corrected chi connectivity index (χ0v) is 10.6. The summed E-state index contributed by atoms with van der Waals surface area (Å²) >= 11 is 0. The average Bonchev–Trinajstić information content (AvgIpc) is 2.23. The Balaban J connectivity index is 2.30. The normalized spacial score (nSPS) is 31.6. The highest BCUT2D eigenvalue weighted by molar-refractivity contribution is 4.67. The number of ether oxygens (including phenoxy) is 1. The lowest BCUT2D eigenvalue weighted by molar-refractivity contribution is 0.0453. The Morgan fingerprint density at radius 1 is 0.733 bits per heavy atom. The summed E-state index contributed by atoms with van der Waals surface area (Å²) in [7, 11) is 1.88. The van der Waals surface area contributed by atoms with Gasteiger partial charge in [0, 0.05) is 7.11 Å². The highest BCUT2D eigenvalue weighted by atomic mass is 16.5. The maximum absolute atomic E-state index is 5.61. The van der Waals surface area contributed by atoms with Gasteiger partial charge in [0.1, 0.15) is 0 Å². The Kier molecular flexibility index (Phi) is 7.08. The largest absolute Gasteiger partial charge is 0.381 e. The van der Waals surface area contributed by atoms with E-state index >= 15 is 0 Å². The summed E-state index contributed by atoms with van der Waals surface area (Å²) in [4.78, 5) is 0. The molecule has 0 spiro atoms. The minimum Gasteiger partial charge on any atom is -0.381 e. The van der Waals surface area contributed by atoms with Crippen LogP contribution in [0.4, 0.5) is 0 Å². The maximum atomic E-state index is 5.61. The summed E-state index contributed by atoms with van der Waals surface area (Å²) in [5.41, 5.74) is 0. The molecule has 0 N–H and O–H groups in total. The predicted octanol–water partition coefficient (Wildman–Crippen LogP) is 4.55. The fourth-order valence-corrected chi connectivity index (χ4v) is 2.69. The lowest BCUT2D eigenvalue weighted by Gasteiger charge is -2.23. The number of methoxy groups -OCH3 is 1. The van der Waals surface area contributed by atoms with Crippen LogP contribution < -0.4 is 0 Å². The molecule has 0 aromatic carbocycles. The number of rotatable bonds is 1. The molecule has 1 fully saturated rings. The van der Waals surface area contributed by atoms with E-state index in [-0.39, 0.29) is 0 Å². The first-order valence-electron chi connectivity index (χ1n) is 6.87. The van der Waals surface area contributed by atoms with Crippen molar-refractivity contribution in [2.75, 3.05) is 7.11 Å². The molecule has 0 radical (unpaired) electrons. The molecule has 2 atom stereocenters. The molecule has 1 aliphatic carbocycles. The monoisotopic (exact) mass is 212 g/mol. The summed E-state index contributed by atoms with van der Waals surface area (Å²) in [6.45, 7) is 2.36. The van der Waals surface area contributed by atoms with Gasteiger partial charge in [-0.15, -0.1) is 0 Å². The number of hydrogen-bond donors (Lipinski definition) is 0. The molecule has 90 valence electrons. The van der Waals surface area contributed by atoms with Crippen molar-refractivity contribution in [3.63, 3.8) is 0 Å². The fourth-order valence-electron chi connectivity index (χ4n) is 2.69. The Morgan fingerprint density at radius 2 is 1.20 bits per heavy atom. The lowest BCUT2D eigenvalue weighted by Crippen LogP contribution is -2.20. The van der Waals surface area contributed by atoms with E-state index in [0.29, 0.717) is 6.10 Å². The van der Waals surface area contributed by atoms with Crippen LogP contribution in [0.3, 0.4) is 0 Å². The topological polar surface area (TPSA) is 9.23 Å². The molecule has 15 heavy (non-hydrogen) atoms. The minimum atomic E-state index is 0.518. The SMILES string of the molecule is CO[C@@H]1CCCCCCCCCC[C@@H]1C. The van der Waals surface area contributed by atoms with E-state index in [4.69, 9.17) is 4.74 Å². The highest BCUT2D eigenvalue weighted by Gasteiger charge is 2.16. The summed E-state index contributed by atoms with van der Waals surface area (Å²) in [6, 6.07) is 0. The van der Waals surface area contributed by atoms with E-state index in [2.05, 4.69) is 6.92 Å². The first kappa shape index (κ1) is 13.0. The number of hydrogen-bond acceptors (Lipinski definition) is 1. The standard InChI is InChI=1S/C14H28O/c1-13-11-9-7-5-3-4-6-8-10-12-14(13)15-2/h13-14H,3-12H2,1-2H3/t13-,14+/m0/s1. The summed E-state index contributed by atoms with van der Waals surface area (Å²) in [6.07, 6.45) is 14.6. The van der Waals surface area contributed by atoms with Gasteiger partial charge in [-0.05, 0) is 18.8 Å². The van der Waals surface area contributed by atoms with Gasteiger partial charge in [-0.25, -0.2) is 0 Å². The summed E-state index contributed by atoms with van der Waals surface area (Å²) in [5, 5.41) is 0. The van der Waals surface area contributed by atoms with Gasteiger partial charge in [-0.1, -0.05) is 58.3 Å². The van der Waals surface area contributed by atoms with E-state index in [0.717, 1.165) is 5.92 Å². The molecule has 1 rings (SSSR count). The molecule has 1 heteroatoms. The molecule has 0 aromatic rings. The highest BCUT2D eigenvalue weighted by Crippen LogP contribution is 2.22. The molecule has 0 aromatic heterocycles. The van der Waals surface area contributed by atoms with Crippen molar-refractivity contribution in [3.05, 3.63) is 0 Å². The van der Waals surface area contributed by atoms with Gasteiger partial charge in [0.25, 0.3) is 0 Å². The van der Waals surface area contributed by atoms with E-state index in [9.17, 15) is 0 Å². The van der Waals surface area contributed by atoms with Crippen LogP contribution in [-0.4, -0.2) is 13.2 Å². The minimum absolute atomic E-state index is 0.518. The van der Waals surface area contributed by atoms with Gasteiger partial charge in [-0.3, -0.25) is 0 Å². The molecule has 0 aliphatic heterocycles. The van der Waals surface area contributed by atoms with Crippen LogP contribution in [0.2, 0.25) is 0 Å². The Labute approximate surface area is 95.6 Å². The van der Waals surface area contributed by atoms with Crippen molar-refractivity contribution in [3.8, 4) is 0 Å². The van der Waals surface area contributed by atoms with Crippen molar-refractivity contribution in [2.24, 2.45) is 5.92 Å². The second-order valence-electron chi connectivity index (χ2n) is 5.16. The van der Waals surface area contributed by atoms with Crippen LogP contribution >= 0.6 is 0 Å². The molecule has 0 saturated heterocycles. The third kappa shape index (κ3) is 5.55. The third-order valence-corrected chi connectivity index (χ3v) is 3.84. The van der Waals surface area contributed by atoms with Gasteiger partial charge < -0.3 is 4.74 Å². The molecule has 0 unspecified atom stereocenters. The van der Waals surface area contributed by atoms with Crippen LogP contribution in [0.25, 0.3) is 0 Å². The summed E-state index contributed by atoms with van der Waals surface area (Å²) < 4.78 is 5.61. The first-order chi connectivity index (χ1) is 7.34. The molecular formula is C14H28O.